The van der Waals surface area contributed by atoms with Crippen LogP contribution in [-0.4, -0.2) is 11.4 Å². The van der Waals surface area contributed by atoms with E-state index in [4.69, 9.17) is 16.9 Å². The van der Waals surface area contributed by atoms with Crippen LogP contribution in [0.5, 0.6) is 11.5 Å². The average molecular weight is 250 g/mol. The van der Waals surface area contributed by atoms with Crippen LogP contribution in [0.2, 0.25) is 0 Å². The van der Waals surface area contributed by atoms with Crippen molar-refractivity contribution in [2.24, 2.45) is 0 Å². The van der Waals surface area contributed by atoms with Crippen LogP contribution in [0.4, 0.5) is 13.2 Å². The molecular formula is C9H3ClF3NO2. The highest BCUT2D eigenvalue weighted by Crippen LogP contribution is 2.48. The molecular weight excluding hydrogens is 247 g/mol. The lowest BCUT2D eigenvalue weighted by Crippen LogP contribution is -2.51. The van der Waals surface area contributed by atoms with Gasteiger partial charge in [-0.15, -0.1) is 0 Å². The third kappa shape index (κ3) is 1.53. The molecule has 0 radical (unpaired) electrons. The maximum atomic E-state index is 13.1. The van der Waals surface area contributed by atoms with E-state index >= 15 is 0 Å². The monoisotopic (exact) mass is 249 g/mol. The number of hydrogen-bond donors (Lipinski definition) is 0. The molecule has 7 heteroatoms. The molecule has 0 fully saturated rings. The van der Waals surface area contributed by atoms with Gasteiger partial charge in [-0.05, 0) is 23.7 Å². The Morgan fingerprint density at radius 1 is 1.19 bits per heavy atom. The lowest BCUT2D eigenvalue weighted by atomic mass is 10.2. The third-order valence-electron chi connectivity index (χ3n) is 1.89. The van der Waals surface area contributed by atoms with Crippen molar-refractivity contribution in [1.82, 2.24) is 0 Å². The molecule has 3 nitrogen and oxygen atoms in total. The first kappa shape index (κ1) is 10.9. The van der Waals surface area contributed by atoms with Crippen molar-refractivity contribution in [3.8, 4) is 17.6 Å². The van der Waals surface area contributed by atoms with Gasteiger partial charge in [0.25, 0.3) is 0 Å². The van der Waals surface area contributed by atoms with E-state index in [0.717, 1.165) is 12.1 Å². The largest absolute Gasteiger partial charge is 0.488 e. The van der Waals surface area contributed by atoms with Crippen LogP contribution in [0.3, 0.4) is 0 Å². The van der Waals surface area contributed by atoms with Crippen molar-refractivity contribution in [2.45, 2.75) is 11.4 Å². The van der Waals surface area contributed by atoms with Gasteiger partial charge < -0.3 is 9.47 Å². The summed E-state index contributed by atoms with van der Waals surface area (Å²) in [6.45, 7) is 0. The van der Waals surface area contributed by atoms with Crippen LogP contribution in [-0.2, 0) is 0 Å². The molecule has 0 N–H and O–H groups in total. The standard InChI is InChI=1S/C9H3ClF3NO2/c10-8(11)9(12,13)16-6-2-1-5(4-14)3-7(6)15-8/h1-3H/t8-/m1/s1. The summed E-state index contributed by atoms with van der Waals surface area (Å²) in [5.74, 6) is -0.722. The Kier molecular flexibility index (Phi) is 2.17. The number of fused-ring (bicyclic) bond motifs is 1. The summed E-state index contributed by atoms with van der Waals surface area (Å²) in [5.41, 5.74) is 0.111. The quantitative estimate of drug-likeness (QED) is 0.664. The Morgan fingerprint density at radius 2 is 1.88 bits per heavy atom. The van der Waals surface area contributed by atoms with Gasteiger partial charge in [-0.1, -0.05) is 0 Å². The van der Waals surface area contributed by atoms with Gasteiger partial charge in [-0.2, -0.15) is 18.4 Å². The number of nitriles is 1. The molecule has 0 unspecified atom stereocenters. The summed E-state index contributed by atoms with van der Waals surface area (Å²) in [7, 11) is 0. The van der Waals surface area contributed by atoms with E-state index in [2.05, 4.69) is 9.47 Å². The molecule has 2 rings (SSSR count). The fraction of sp³-hybridized carbons (Fsp3) is 0.222. The van der Waals surface area contributed by atoms with Gasteiger partial charge in [-0.25, -0.2) is 0 Å². The molecule has 1 aliphatic heterocycles. The zero-order chi connectivity index (χ0) is 12.0. The molecule has 0 spiro atoms. The van der Waals surface area contributed by atoms with Crippen LogP contribution in [0.15, 0.2) is 18.2 Å². The summed E-state index contributed by atoms with van der Waals surface area (Å²) < 4.78 is 47.3. The molecule has 0 saturated heterocycles. The smallest absolute Gasteiger partial charge is 0.434 e. The van der Waals surface area contributed by atoms with Gasteiger partial charge in [0.05, 0.1) is 11.6 Å². The molecule has 1 heterocycles. The van der Waals surface area contributed by atoms with E-state index < -0.39 is 11.4 Å². The predicted octanol–water partition coefficient (Wildman–Crippen LogP) is 2.78. The molecule has 16 heavy (non-hydrogen) atoms. The number of hydrogen-bond acceptors (Lipinski definition) is 3. The second-order valence-electron chi connectivity index (χ2n) is 3.01. The number of benzene rings is 1. The van der Waals surface area contributed by atoms with E-state index in [1.807, 2.05) is 0 Å². The van der Waals surface area contributed by atoms with Crippen molar-refractivity contribution >= 4 is 11.6 Å². The van der Waals surface area contributed by atoms with E-state index in [1.165, 1.54) is 6.07 Å². The molecule has 0 bridgehead atoms. The van der Waals surface area contributed by atoms with E-state index in [-0.39, 0.29) is 17.1 Å². The van der Waals surface area contributed by atoms with Gasteiger partial charge in [0.2, 0.25) is 0 Å². The second kappa shape index (κ2) is 3.19. The highest BCUT2D eigenvalue weighted by atomic mass is 35.5. The topological polar surface area (TPSA) is 42.2 Å². The normalized spacial score (nSPS) is 25.9. The first-order valence-electron chi connectivity index (χ1n) is 4.03. The lowest BCUT2D eigenvalue weighted by molar-refractivity contribution is -0.303. The van der Waals surface area contributed by atoms with Gasteiger partial charge in [-0.3, -0.25) is 0 Å². The summed E-state index contributed by atoms with van der Waals surface area (Å²) >= 11 is 4.84. The maximum Gasteiger partial charge on any atom is 0.488 e. The first-order chi connectivity index (χ1) is 7.36. The van der Waals surface area contributed by atoms with E-state index in [1.54, 1.807) is 6.07 Å². The van der Waals surface area contributed by atoms with Crippen molar-refractivity contribution in [1.29, 1.82) is 5.26 Å². The van der Waals surface area contributed by atoms with Gasteiger partial charge in [0.1, 0.15) is 0 Å². The Labute approximate surface area is 92.9 Å². The minimum Gasteiger partial charge on any atom is -0.434 e. The van der Waals surface area contributed by atoms with Crippen molar-refractivity contribution in [2.75, 3.05) is 0 Å². The van der Waals surface area contributed by atoms with Crippen LogP contribution < -0.4 is 9.47 Å². The molecule has 0 amide bonds. The molecule has 1 aromatic carbocycles. The van der Waals surface area contributed by atoms with Crippen LogP contribution in [0.25, 0.3) is 0 Å². The maximum absolute atomic E-state index is 13.1. The number of alkyl halides is 4. The molecule has 1 aromatic rings. The van der Waals surface area contributed by atoms with Crippen molar-refractivity contribution < 1.29 is 22.6 Å². The first-order valence-corrected chi connectivity index (χ1v) is 4.41. The average Bonchev–Trinajstić information content (AvgIpc) is 2.18. The Balaban J connectivity index is 2.48. The summed E-state index contributed by atoms with van der Waals surface area (Å²) in [6.07, 6.45) is -4.30. The fourth-order valence-corrected chi connectivity index (χ4v) is 1.26. The van der Waals surface area contributed by atoms with Gasteiger partial charge in [0.15, 0.2) is 11.5 Å². The number of ether oxygens (including phenoxy) is 2. The fourth-order valence-electron chi connectivity index (χ4n) is 1.14. The van der Waals surface area contributed by atoms with Gasteiger partial charge in [0, 0.05) is 6.07 Å². The van der Waals surface area contributed by atoms with E-state index in [9.17, 15) is 13.2 Å². The Morgan fingerprint density at radius 3 is 2.50 bits per heavy atom. The lowest BCUT2D eigenvalue weighted by Gasteiger charge is -2.33. The zero-order valence-electron chi connectivity index (χ0n) is 7.51. The highest BCUT2D eigenvalue weighted by molar-refractivity contribution is 6.22. The molecule has 84 valence electrons. The summed E-state index contributed by atoms with van der Waals surface area (Å²) in [6, 6.07) is 5.10. The van der Waals surface area contributed by atoms with Crippen molar-refractivity contribution in [3.63, 3.8) is 0 Å². The zero-order valence-corrected chi connectivity index (χ0v) is 8.26. The second-order valence-corrected chi connectivity index (χ2v) is 3.50. The molecule has 0 aromatic heterocycles. The van der Waals surface area contributed by atoms with Crippen LogP contribution in [0.1, 0.15) is 5.56 Å². The molecule has 1 atom stereocenters. The van der Waals surface area contributed by atoms with Crippen LogP contribution in [0, 0.1) is 11.3 Å². The van der Waals surface area contributed by atoms with Crippen LogP contribution >= 0.6 is 11.6 Å². The number of halogens is 4. The van der Waals surface area contributed by atoms with Gasteiger partial charge >= 0.3 is 11.4 Å². The van der Waals surface area contributed by atoms with Crippen molar-refractivity contribution in [3.05, 3.63) is 23.8 Å². The van der Waals surface area contributed by atoms with E-state index in [0.29, 0.717) is 0 Å². The molecule has 0 aliphatic carbocycles. The molecule has 0 saturated carbocycles. The third-order valence-corrected chi connectivity index (χ3v) is 2.19. The molecule has 1 aliphatic rings. The Bertz CT molecular complexity index is 484. The highest BCUT2D eigenvalue weighted by Gasteiger charge is 2.63. The number of rotatable bonds is 0. The number of nitrogens with zero attached hydrogens (tertiary/aromatic N) is 1. The minimum absolute atomic E-state index is 0.111. The summed E-state index contributed by atoms with van der Waals surface area (Å²) in [5, 5.41) is 4.77. The minimum atomic E-state index is -4.30. The Hall–Kier alpha value is -1.61. The predicted molar refractivity (Wildman–Crippen MR) is 47.1 cm³/mol. The SMILES string of the molecule is N#Cc1ccc2c(c1)O[C@@](F)(Cl)C(F)(F)O2. The summed E-state index contributed by atoms with van der Waals surface area (Å²) in [4.78, 5) is 0.